The fraction of sp³-hybridized carbons (Fsp3) is 0.667. The highest BCUT2D eigenvalue weighted by molar-refractivity contribution is 7.47. The first-order chi connectivity index (χ1) is 5.39. The van der Waals surface area contributed by atoms with Gasteiger partial charge in [0.05, 0.1) is 6.61 Å². The number of carboxylic acids is 1. The number of hydrogen-bond donors (Lipinski definition) is 4. The third-order valence-corrected chi connectivity index (χ3v) is 1.52. The Balaban J connectivity index is 3.83. The first-order valence-electron chi connectivity index (χ1n) is 2.68. The van der Waals surface area contributed by atoms with E-state index in [1.54, 1.807) is 0 Å². The molecule has 2 atom stereocenters. The van der Waals surface area contributed by atoms with Crippen molar-refractivity contribution >= 4 is 13.8 Å². The molecule has 0 aliphatic rings. The van der Waals surface area contributed by atoms with Crippen LogP contribution in [0, 0.1) is 0 Å². The molecule has 0 aromatic rings. The smallest absolute Gasteiger partial charge is 0.480 e. The van der Waals surface area contributed by atoms with E-state index < -0.39 is 26.4 Å². The number of nitrogens with two attached hydrogens (primary N) is 1. The summed E-state index contributed by atoms with van der Waals surface area (Å²) in [5.74, 6) is -1.40. The van der Waals surface area contributed by atoms with Gasteiger partial charge in [0.1, 0.15) is 6.04 Å². The van der Waals surface area contributed by atoms with Crippen LogP contribution in [0.5, 0.6) is 0 Å². The Morgan fingerprint density at radius 1 is 1.67 bits per heavy atom. The quantitative estimate of drug-likeness (QED) is 0.252. The van der Waals surface area contributed by atoms with Gasteiger partial charge >= 0.3 is 13.8 Å². The molecule has 0 aromatic carbocycles. The number of hydrogen-bond acceptors (Lipinski definition) is 6. The van der Waals surface area contributed by atoms with Gasteiger partial charge in [0, 0.05) is 0 Å². The fourth-order valence-corrected chi connectivity index (χ4v) is 0.665. The number of carbonyl (C=O) groups is 1. The monoisotopic (exact) mass is 201 g/mol. The van der Waals surface area contributed by atoms with E-state index in [-0.39, 0.29) is 0 Å². The predicted octanol–water partition coefficient (Wildman–Crippen LogP) is -0.995. The average Bonchev–Trinajstić information content (AvgIpc) is 2.00. The summed E-state index contributed by atoms with van der Waals surface area (Å²) in [4.78, 5) is 18.4. The van der Waals surface area contributed by atoms with Crippen molar-refractivity contribution in [1.29, 1.82) is 0 Å². The number of rotatable bonds is 5. The molecular weight excluding hydrogens is 193 g/mol. The van der Waals surface area contributed by atoms with Gasteiger partial charge in [0.2, 0.25) is 0 Å². The van der Waals surface area contributed by atoms with Gasteiger partial charge in [-0.15, -0.1) is 4.67 Å². The highest BCUT2D eigenvalue weighted by Crippen LogP contribution is 2.41. The van der Waals surface area contributed by atoms with E-state index in [1.165, 1.54) is 0 Å². The Labute approximate surface area is 67.1 Å². The van der Waals surface area contributed by atoms with Crippen molar-refractivity contribution in [2.75, 3.05) is 6.61 Å². The van der Waals surface area contributed by atoms with Gasteiger partial charge in [0.25, 0.3) is 0 Å². The molecule has 0 aromatic heterocycles. The minimum absolute atomic E-state index is 0.732. The van der Waals surface area contributed by atoms with Crippen LogP contribution in [-0.2, 0) is 18.6 Å². The molecule has 8 nitrogen and oxygen atoms in total. The molecule has 0 saturated heterocycles. The van der Waals surface area contributed by atoms with Crippen molar-refractivity contribution in [2.45, 2.75) is 6.04 Å². The second-order valence-electron chi connectivity index (χ2n) is 1.79. The van der Waals surface area contributed by atoms with Gasteiger partial charge in [-0.1, -0.05) is 0 Å². The molecule has 0 spiro atoms. The van der Waals surface area contributed by atoms with E-state index in [4.69, 9.17) is 21.0 Å². The first-order valence-corrected chi connectivity index (χ1v) is 4.17. The Bertz CT molecular complexity index is 205. The van der Waals surface area contributed by atoms with Crippen LogP contribution in [0.25, 0.3) is 0 Å². The van der Waals surface area contributed by atoms with Crippen LogP contribution >= 0.6 is 7.82 Å². The molecule has 5 N–H and O–H groups in total. The van der Waals surface area contributed by atoms with Gasteiger partial charge < -0.3 is 15.7 Å². The summed E-state index contributed by atoms with van der Waals surface area (Å²) in [5.41, 5.74) is 4.88. The maximum atomic E-state index is 10.3. The summed E-state index contributed by atoms with van der Waals surface area (Å²) in [6.07, 6.45) is 0. The normalized spacial score (nSPS) is 18.2. The van der Waals surface area contributed by atoms with Crippen LogP contribution in [0.2, 0.25) is 0 Å². The van der Waals surface area contributed by atoms with Crippen LogP contribution < -0.4 is 5.73 Å². The summed E-state index contributed by atoms with van der Waals surface area (Å²) in [7, 11) is -4.55. The van der Waals surface area contributed by atoms with Crippen molar-refractivity contribution in [3.05, 3.63) is 0 Å². The molecule has 12 heavy (non-hydrogen) atoms. The maximum Gasteiger partial charge on any atom is 0.499 e. The van der Waals surface area contributed by atoms with Crippen molar-refractivity contribution < 1.29 is 33.8 Å². The molecule has 0 amide bonds. The molecular formula is C3H8NO7P. The molecule has 1 unspecified atom stereocenters. The summed E-state index contributed by atoms with van der Waals surface area (Å²) in [6.45, 7) is -0.732. The average molecular weight is 201 g/mol. The number of phosphoric ester groups is 1. The molecule has 72 valence electrons. The van der Waals surface area contributed by atoms with Crippen molar-refractivity contribution in [1.82, 2.24) is 0 Å². The van der Waals surface area contributed by atoms with Crippen molar-refractivity contribution in [2.24, 2.45) is 5.73 Å². The van der Waals surface area contributed by atoms with Crippen molar-refractivity contribution in [3.63, 3.8) is 0 Å². The lowest BCUT2D eigenvalue weighted by Crippen LogP contribution is -2.34. The van der Waals surface area contributed by atoms with Crippen molar-refractivity contribution in [3.8, 4) is 0 Å². The fourth-order valence-electron chi connectivity index (χ4n) is 0.269. The predicted molar refractivity (Wildman–Crippen MR) is 35.1 cm³/mol. The molecule has 0 radical (unpaired) electrons. The largest absolute Gasteiger partial charge is 0.499 e. The Morgan fingerprint density at radius 2 is 2.17 bits per heavy atom. The van der Waals surface area contributed by atoms with Gasteiger partial charge in [-0.2, -0.15) is 0 Å². The van der Waals surface area contributed by atoms with E-state index in [9.17, 15) is 9.36 Å². The number of aliphatic carboxylic acids is 1. The molecule has 0 aliphatic heterocycles. The van der Waals surface area contributed by atoms with Crippen LogP contribution in [0.3, 0.4) is 0 Å². The van der Waals surface area contributed by atoms with Crippen LogP contribution in [0.1, 0.15) is 0 Å². The SMILES string of the molecule is N[C@@H](COP(=O)(O)OO)C(=O)O. The van der Waals surface area contributed by atoms with Gasteiger partial charge in [-0.25, -0.2) is 9.82 Å². The summed E-state index contributed by atoms with van der Waals surface area (Å²) in [5, 5.41) is 15.9. The lowest BCUT2D eigenvalue weighted by atomic mass is 10.3. The third-order valence-electron chi connectivity index (χ3n) is 0.838. The van der Waals surface area contributed by atoms with Gasteiger partial charge in [0.15, 0.2) is 0 Å². The molecule has 0 saturated carbocycles. The molecule has 0 fully saturated rings. The first kappa shape index (κ1) is 11.5. The molecule has 0 aliphatic carbocycles. The van der Waals surface area contributed by atoms with Crippen LogP contribution in [0.15, 0.2) is 0 Å². The Hall–Kier alpha value is -0.500. The summed E-state index contributed by atoms with van der Waals surface area (Å²) >= 11 is 0. The highest BCUT2D eigenvalue weighted by Gasteiger charge is 2.24. The lowest BCUT2D eigenvalue weighted by Gasteiger charge is -2.09. The Kier molecular flexibility index (Phi) is 4.32. The Morgan fingerprint density at radius 3 is 2.50 bits per heavy atom. The second-order valence-corrected chi connectivity index (χ2v) is 3.15. The topological polar surface area (TPSA) is 139 Å². The van der Waals surface area contributed by atoms with Crippen LogP contribution in [0.4, 0.5) is 0 Å². The van der Waals surface area contributed by atoms with E-state index in [0.29, 0.717) is 0 Å². The zero-order valence-corrected chi connectivity index (χ0v) is 6.68. The van der Waals surface area contributed by atoms with E-state index in [1.807, 2.05) is 0 Å². The molecule has 0 rings (SSSR count). The third kappa shape index (κ3) is 4.39. The highest BCUT2D eigenvalue weighted by atomic mass is 31.2. The zero-order chi connectivity index (χ0) is 9.78. The number of phosphoric acid groups is 1. The minimum atomic E-state index is -4.55. The molecule has 0 heterocycles. The minimum Gasteiger partial charge on any atom is -0.480 e. The summed E-state index contributed by atoms with van der Waals surface area (Å²) in [6, 6.07) is -1.44. The standard InChI is InChI=1S/C3H8NO7P/c4-2(3(5)6)1-10-12(8,9)11-7/h2,7H,1,4H2,(H,5,6)(H,8,9)/t2-/m0/s1. The zero-order valence-electron chi connectivity index (χ0n) is 5.78. The second kappa shape index (κ2) is 4.51. The van der Waals surface area contributed by atoms with E-state index >= 15 is 0 Å². The lowest BCUT2D eigenvalue weighted by molar-refractivity contribution is -0.163. The van der Waals surface area contributed by atoms with E-state index in [0.717, 1.165) is 0 Å². The molecule has 0 bridgehead atoms. The maximum absolute atomic E-state index is 10.3. The summed E-state index contributed by atoms with van der Waals surface area (Å²) < 4.78 is 17.3. The molecule has 9 heteroatoms. The van der Waals surface area contributed by atoms with E-state index in [2.05, 4.69) is 9.20 Å². The van der Waals surface area contributed by atoms with Gasteiger partial charge in [-0.05, 0) is 0 Å². The van der Waals surface area contributed by atoms with Crippen LogP contribution in [-0.4, -0.2) is 33.9 Å². The number of carboxylic acid groups (broad SMARTS) is 1. The van der Waals surface area contributed by atoms with Gasteiger partial charge in [-0.3, -0.25) is 9.32 Å².